The van der Waals surface area contributed by atoms with E-state index in [2.05, 4.69) is 69.0 Å². The highest BCUT2D eigenvalue weighted by atomic mass is 35.5. The van der Waals surface area contributed by atoms with Crippen LogP contribution in [-0.4, -0.2) is 34.6 Å². The molecule has 4 rings (SSSR count). The molecule has 1 heterocycles. The molecular formula is C30H35ClN2O2. The van der Waals surface area contributed by atoms with Gasteiger partial charge in [0.2, 0.25) is 0 Å². The Labute approximate surface area is 214 Å². The van der Waals surface area contributed by atoms with Crippen LogP contribution in [0.15, 0.2) is 78.9 Å². The Morgan fingerprint density at radius 2 is 1.57 bits per heavy atom. The molecule has 184 valence electrons. The number of hydrogen-bond acceptors (Lipinski definition) is 3. The van der Waals surface area contributed by atoms with Crippen molar-refractivity contribution in [1.82, 2.24) is 9.47 Å². The molecule has 0 atom stereocenters. The first-order chi connectivity index (χ1) is 16.3. The fourth-order valence-corrected chi connectivity index (χ4v) is 4.58. The van der Waals surface area contributed by atoms with E-state index in [-0.39, 0.29) is 23.9 Å². The van der Waals surface area contributed by atoms with Gasteiger partial charge in [0.25, 0.3) is 5.91 Å². The molecule has 0 spiro atoms. The predicted molar refractivity (Wildman–Crippen MR) is 147 cm³/mol. The van der Waals surface area contributed by atoms with E-state index < -0.39 is 0 Å². The zero-order chi connectivity index (χ0) is 24.3. The Bertz CT molecular complexity index is 1270. The lowest BCUT2D eigenvalue weighted by atomic mass is 10.0. The number of halogens is 1. The lowest BCUT2D eigenvalue weighted by Gasteiger charge is -2.36. The number of aromatic nitrogens is 1. The van der Waals surface area contributed by atoms with E-state index >= 15 is 0 Å². The van der Waals surface area contributed by atoms with E-state index in [0.29, 0.717) is 5.56 Å². The molecule has 4 aromatic rings. The molecule has 35 heavy (non-hydrogen) atoms. The topological polar surface area (TPSA) is 34.5 Å². The Morgan fingerprint density at radius 3 is 2.17 bits per heavy atom. The Balaban J connectivity index is 0.00000342. The van der Waals surface area contributed by atoms with Crippen LogP contribution in [0.1, 0.15) is 48.0 Å². The number of fused-ring (bicyclic) bond motifs is 1. The summed E-state index contributed by atoms with van der Waals surface area (Å²) < 4.78 is 7.38. The summed E-state index contributed by atoms with van der Waals surface area (Å²) >= 11 is 0. The molecule has 0 saturated carbocycles. The minimum absolute atomic E-state index is 0. The molecule has 4 nitrogen and oxygen atoms in total. The number of carbonyl (C=O) groups is 1. The van der Waals surface area contributed by atoms with Gasteiger partial charge < -0.3 is 4.74 Å². The monoisotopic (exact) mass is 490 g/mol. The SMILES string of the molecule is COc1ccc2c(c1)c(CCN(Cc1ccccc1)C(C)(C)C)c(C)n2C(=O)c1ccccc1.Cl. The molecular weight excluding hydrogens is 456 g/mol. The summed E-state index contributed by atoms with van der Waals surface area (Å²) in [6.07, 6.45) is 0.842. The minimum atomic E-state index is -0.00326. The standard InChI is InChI=1S/C30H34N2O2.ClH/c1-22-26(18-19-31(30(2,3)4)21-23-12-8-6-9-13-23)27-20-25(34-5)16-17-28(27)32(22)29(33)24-14-10-7-11-15-24;/h6-17,20H,18-19,21H2,1-5H3;1H. The molecule has 0 aliphatic rings. The van der Waals surface area contributed by atoms with Crippen LogP contribution >= 0.6 is 12.4 Å². The zero-order valence-corrected chi connectivity index (χ0v) is 22.1. The van der Waals surface area contributed by atoms with Crippen molar-refractivity contribution in [3.63, 3.8) is 0 Å². The van der Waals surface area contributed by atoms with Crippen molar-refractivity contribution >= 4 is 29.2 Å². The molecule has 3 aromatic carbocycles. The summed E-state index contributed by atoms with van der Waals surface area (Å²) in [6, 6.07) is 26.1. The van der Waals surface area contributed by atoms with Gasteiger partial charge in [-0.3, -0.25) is 14.3 Å². The molecule has 0 amide bonds. The van der Waals surface area contributed by atoms with E-state index in [9.17, 15) is 4.79 Å². The smallest absolute Gasteiger partial charge is 0.262 e. The molecule has 0 aliphatic heterocycles. The average molecular weight is 491 g/mol. The number of methoxy groups -OCH3 is 1. The van der Waals surface area contributed by atoms with E-state index in [4.69, 9.17) is 4.74 Å². The Kier molecular flexibility index (Phi) is 8.42. The quantitative estimate of drug-likeness (QED) is 0.282. The first kappa shape index (κ1) is 26.5. The number of benzene rings is 3. The second kappa shape index (κ2) is 11.1. The number of rotatable bonds is 7. The van der Waals surface area contributed by atoms with Crippen molar-refractivity contribution in [1.29, 1.82) is 0 Å². The largest absolute Gasteiger partial charge is 0.497 e. The third-order valence-corrected chi connectivity index (χ3v) is 6.56. The first-order valence-corrected chi connectivity index (χ1v) is 11.9. The fourth-order valence-electron chi connectivity index (χ4n) is 4.58. The van der Waals surface area contributed by atoms with Crippen molar-refractivity contribution in [3.8, 4) is 5.75 Å². The Morgan fingerprint density at radius 1 is 0.943 bits per heavy atom. The van der Waals surface area contributed by atoms with Crippen LogP contribution in [0.5, 0.6) is 5.75 Å². The third kappa shape index (κ3) is 5.77. The number of carbonyl (C=O) groups excluding carboxylic acids is 1. The highest BCUT2D eigenvalue weighted by Gasteiger charge is 2.24. The van der Waals surface area contributed by atoms with Crippen LogP contribution in [0.3, 0.4) is 0 Å². The van der Waals surface area contributed by atoms with Gasteiger partial charge in [-0.1, -0.05) is 48.5 Å². The highest BCUT2D eigenvalue weighted by molar-refractivity contribution is 6.04. The van der Waals surface area contributed by atoms with Crippen molar-refractivity contribution in [2.24, 2.45) is 0 Å². The van der Waals surface area contributed by atoms with Crippen molar-refractivity contribution < 1.29 is 9.53 Å². The first-order valence-electron chi connectivity index (χ1n) is 11.9. The van der Waals surface area contributed by atoms with Gasteiger partial charge in [0.1, 0.15) is 5.75 Å². The van der Waals surface area contributed by atoms with E-state index in [1.165, 1.54) is 11.1 Å². The summed E-state index contributed by atoms with van der Waals surface area (Å²) in [5.74, 6) is 0.798. The van der Waals surface area contributed by atoms with Crippen LogP contribution in [-0.2, 0) is 13.0 Å². The Hall–Kier alpha value is -3.08. The molecule has 0 unspecified atom stereocenters. The lowest BCUT2D eigenvalue weighted by Crippen LogP contribution is -2.42. The van der Waals surface area contributed by atoms with Gasteiger partial charge in [-0.25, -0.2) is 0 Å². The van der Waals surface area contributed by atoms with E-state index in [1.807, 2.05) is 47.0 Å². The number of hydrogen-bond donors (Lipinski definition) is 0. The summed E-state index contributed by atoms with van der Waals surface area (Å²) in [5.41, 5.74) is 5.11. The van der Waals surface area contributed by atoms with Gasteiger partial charge >= 0.3 is 0 Å². The maximum atomic E-state index is 13.5. The predicted octanol–water partition coefficient (Wildman–Crippen LogP) is 6.91. The molecule has 0 saturated heterocycles. The second-order valence-corrected chi connectivity index (χ2v) is 9.78. The molecule has 5 heteroatoms. The average Bonchev–Trinajstić information content (AvgIpc) is 3.12. The van der Waals surface area contributed by atoms with Gasteiger partial charge in [-0.05, 0) is 75.6 Å². The van der Waals surface area contributed by atoms with Crippen LogP contribution < -0.4 is 4.74 Å². The maximum absolute atomic E-state index is 13.5. The van der Waals surface area contributed by atoms with Crippen molar-refractivity contribution in [3.05, 3.63) is 101 Å². The fraction of sp³-hybridized carbons (Fsp3) is 0.300. The molecule has 0 bridgehead atoms. The molecule has 0 radical (unpaired) electrons. The molecule has 0 aliphatic carbocycles. The summed E-state index contributed by atoms with van der Waals surface area (Å²) in [6.45, 7) is 10.6. The number of ether oxygens (including phenoxy) is 1. The van der Waals surface area contributed by atoms with E-state index in [0.717, 1.165) is 41.9 Å². The molecule has 1 aromatic heterocycles. The highest BCUT2D eigenvalue weighted by Crippen LogP contribution is 2.31. The van der Waals surface area contributed by atoms with Crippen LogP contribution in [0.25, 0.3) is 10.9 Å². The summed E-state index contributed by atoms with van der Waals surface area (Å²) in [4.78, 5) is 16.0. The zero-order valence-electron chi connectivity index (χ0n) is 21.2. The van der Waals surface area contributed by atoms with Gasteiger partial charge in [0.15, 0.2) is 0 Å². The van der Waals surface area contributed by atoms with Crippen LogP contribution in [0, 0.1) is 6.92 Å². The molecule has 0 N–H and O–H groups in total. The van der Waals surface area contributed by atoms with Crippen molar-refractivity contribution in [2.75, 3.05) is 13.7 Å². The third-order valence-electron chi connectivity index (χ3n) is 6.56. The minimum Gasteiger partial charge on any atom is -0.497 e. The second-order valence-electron chi connectivity index (χ2n) is 9.78. The maximum Gasteiger partial charge on any atom is 0.262 e. The number of nitrogens with zero attached hydrogens (tertiary/aromatic N) is 2. The normalized spacial score (nSPS) is 11.5. The van der Waals surface area contributed by atoms with Crippen LogP contribution in [0.2, 0.25) is 0 Å². The van der Waals surface area contributed by atoms with Gasteiger partial charge in [0, 0.05) is 35.3 Å². The lowest BCUT2D eigenvalue weighted by molar-refractivity contribution is 0.0962. The van der Waals surface area contributed by atoms with Gasteiger partial charge in [-0.2, -0.15) is 0 Å². The van der Waals surface area contributed by atoms with Crippen LogP contribution in [0.4, 0.5) is 0 Å². The van der Waals surface area contributed by atoms with E-state index in [1.54, 1.807) is 7.11 Å². The summed E-state index contributed by atoms with van der Waals surface area (Å²) in [5, 5.41) is 1.08. The van der Waals surface area contributed by atoms with Crippen molar-refractivity contribution in [2.45, 2.75) is 46.2 Å². The van der Waals surface area contributed by atoms with Gasteiger partial charge in [0.05, 0.1) is 12.6 Å². The summed E-state index contributed by atoms with van der Waals surface area (Å²) in [7, 11) is 1.68. The van der Waals surface area contributed by atoms with Gasteiger partial charge in [-0.15, -0.1) is 12.4 Å². The molecule has 0 fully saturated rings.